The highest BCUT2D eigenvalue weighted by molar-refractivity contribution is 5.90. The van der Waals surface area contributed by atoms with Gasteiger partial charge >= 0.3 is 0 Å². The Morgan fingerprint density at radius 3 is 2.05 bits per heavy atom. The number of rotatable bonds is 2. The maximum atomic E-state index is 2.45. The second kappa shape index (κ2) is 5.03. The van der Waals surface area contributed by atoms with E-state index in [1.54, 1.807) is 0 Å². The molecule has 1 unspecified atom stereocenters. The molecule has 2 aromatic carbocycles. The van der Waals surface area contributed by atoms with Crippen LogP contribution in [-0.2, 0) is 0 Å². The summed E-state index contributed by atoms with van der Waals surface area (Å²) in [7, 11) is 0. The van der Waals surface area contributed by atoms with Gasteiger partial charge in [-0.25, -0.2) is 0 Å². The fraction of sp³-hybridized carbons (Fsp3) is 0.143. The molecule has 0 fully saturated rings. The Bertz CT molecular complexity index is 838. The van der Waals surface area contributed by atoms with Crippen molar-refractivity contribution in [2.24, 2.45) is 0 Å². The molecular formula is C21H19N. The lowest BCUT2D eigenvalue weighted by molar-refractivity contribution is 0.662. The Kier molecular flexibility index (Phi) is 3.00. The summed E-state index contributed by atoms with van der Waals surface area (Å²) in [6.45, 7) is 4.47. The van der Waals surface area contributed by atoms with Crippen molar-refractivity contribution in [3.8, 4) is 11.1 Å². The molecule has 22 heavy (non-hydrogen) atoms. The highest BCUT2D eigenvalue weighted by Gasteiger charge is 2.26. The molecule has 0 N–H and O–H groups in total. The van der Waals surface area contributed by atoms with E-state index >= 15 is 0 Å². The third kappa shape index (κ3) is 1.93. The van der Waals surface area contributed by atoms with Gasteiger partial charge in [-0.2, -0.15) is 0 Å². The normalized spacial score (nSPS) is 16.5. The first-order valence-corrected chi connectivity index (χ1v) is 7.80. The summed E-state index contributed by atoms with van der Waals surface area (Å²) >= 11 is 0. The van der Waals surface area contributed by atoms with Crippen molar-refractivity contribution in [1.29, 1.82) is 0 Å². The Hall–Kier alpha value is -2.54. The van der Waals surface area contributed by atoms with Gasteiger partial charge in [-0.15, -0.1) is 0 Å². The van der Waals surface area contributed by atoms with E-state index in [-0.39, 0.29) is 0 Å². The minimum absolute atomic E-state index is 0.405. The van der Waals surface area contributed by atoms with Crippen LogP contribution in [0.5, 0.6) is 0 Å². The molecule has 0 amide bonds. The molecular weight excluding hydrogens is 266 g/mol. The molecule has 1 heteroatoms. The predicted octanol–water partition coefficient (Wildman–Crippen LogP) is 5.47. The van der Waals surface area contributed by atoms with E-state index in [1.807, 2.05) is 0 Å². The molecule has 4 rings (SSSR count). The molecule has 0 spiro atoms. The van der Waals surface area contributed by atoms with E-state index in [0.717, 1.165) is 0 Å². The number of hydrogen-bond donors (Lipinski definition) is 0. The smallest absolute Gasteiger partial charge is 0.0571 e. The van der Waals surface area contributed by atoms with Crippen molar-refractivity contribution >= 4 is 5.57 Å². The zero-order chi connectivity index (χ0) is 15.1. The maximum absolute atomic E-state index is 2.45. The van der Waals surface area contributed by atoms with Gasteiger partial charge in [-0.1, -0.05) is 66.7 Å². The highest BCUT2D eigenvalue weighted by Crippen LogP contribution is 2.42. The highest BCUT2D eigenvalue weighted by atomic mass is 15.0. The zero-order valence-electron chi connectivity index (χ0n) is 13.0. The molecule has 108 valence electrons. The Morgan fingerprint density at radius 2 is 1.41 bits per heavy atom. The topological polar surface area (TPSA) is 4.93 Å². The molecule has 0 aliphatic carbocycles. The first kappa shape index (κ1) is 13.1. The van der Waals surface area contributed by atoms with Crippen LogP contribution in [-0.4, -0.2) is 4.57 Å². The minimum Gasteiger partial charge on any atom is -0.338 e. The molecule has 3 aromatic rings. The summed E-state index contributed by atoms with van der Waals surface area (Å²) in [6, 6.07) is 24.1. The fourth-order valence-electron chi connectivity index (χ4n) is 3.54. The van der Waals surface area contributed by atoms with Crippen molar-refractivity contribution in [3.63, 3.8) is 0 Å². The van der Waals surface area contributed by atoms with E-state index < -0.39 is 0 Å². The fourth-order valence-corrected chi connectivity index (χ4v) is 3.54. The van der Waals surface area contributed by atoms with Crippen LogP contribution in [0.1, 0.15) is 29.9 Å². The van der Waals surface area contributed by atoms with Crippen molar-refractivity contribution in [2.75, 3.05) is 0 Å². The number of aryl methyl sites for hydroxylation is 1. The third-order valence-corrected chi connectivity index (χ3v) is 4.47. The molecule has 1 nitrogen and oxygen atoms in total. The summed E-state index contributed by atoms with van der Waals surface area (Å²) in [4.78, 5) is 0. The molecule has 0 saturated carbocycles. The summed E-state index contributed by atoms with van der Waals surface area (Å²) in [5, 5.41) is 0. The van der Waals surface area contributed by atoms with Crippen LogP contribution < -0.4 is 0 Å². The first-order chi connectivity index (χ1) is 10.8. The van der Waals surface area contributed by atoms with Crippen LogP contribution in [0, 0.1) is 6.92 Å². The first-order valence-electron chi connectivity index (χ1n) is 7.80. The standard InChI is InChI=1S/C21H19N/c1-15-13-19(17-9-5-3-6-10-17)21-20(14-16(2)22(15)21)18-11-7-4-8-12-18/h3-15H,1-2H3. The molecule has 1 atom stereocenters. The summed E-state index contributed by atoms with van der Waals surface area (Å²) in [6.07, 6.45) is 2.38. The largest absolute Gasteiger partial charge is 0.338 e. The third-order valence-electron chi connectivity index (χ3n) is 4.47. The monoisotopic (exact) mass is 285 g/mol. The van der Waals surface area contributed by atoms with E-state index in [9.17, 15) is 0 Å². The quantitative estimate of drug-likeness (QED) is 0.588. The van der Waals surface area contributed by atoms with Gasteiger partial charge in [0, 0.05) is 16.8 Å². The van der Waals surface area contributed by atoms with Crippen molar-refractivity contribution in [2.45, 2.75) is 19.9 Å². The van der Waals surface area contributed by atoms with E-state index in [2.05, 4.69) is 91.2 Å². The second-order valence-corrected chi connectivity index (χ2v) is 5.97. The van der Waals surface area contributed by atoms with E-state index in [0.29, 0.717) is 6.04 Å². The van der Waals surface area contributed by atoms with E-state index in [4.69, 9.17) is 0 Å². The SMILES string of the molecule is Cc1cc(-c2ccccc2)c2n1C(C)C=C2c1ccccc1. The maximum Gasteiger partial charge on any atom is 0.0571 e. The molecule has 0 saturated heterocycles. The Morgan fingerprint density at radius 1 is 0.818 bits per heavy atom. The van der Waals surface area contributed by atoms with Gasteiger partial charge in [-0.05, 0) is 31.0 Å². The van der Waals surface area contributed by atoms with Gasteiger partial charge in [0.15, 0.2) is 0 Å². The average molecular weight is 285 g/mol. The number of benzene rings is 2. The summed E-state index contributed by atoms with van der Waals surface area (Å²) < 4.78 is 2.45. The van der Waals surface area contributed by atoms with Crippen molar-refractivity contribution < 1.29 is 0 Å². The van der Waals surface area contributed by atoms with Gasteiger partial charge in [0.05, 0.1) is 11.7 Å². The lowest BCUT2D eigenvalue weighted by atomic mass is 9.97. The van der Waals surface area contributed by atoms with Crippen molar-refractivity contribution in [1.82, 2.24) is 4.57 Å². The molecule has 0 bridgehead atoms. The van der Waals surface area contributed by atoms with Gasteiger partial charge < -0.3 is 4.57 Å². The molecule has 1 aliphatic heterocycles. The number of nitrogens with zero attached hydrogens (tertiary/aromatic N) is 1. The number of hydrogen-bond acceptors (Lipinski definition) is 0. The zero-order valence-corrected chi connectivity index (χ0v) is 13.0. The summed E-state index contributed by atoms with van der Waals surface area (Å²) in [5.74, 6) is 0. The van der Waals surface area contributed by atoms with Crippen LogP contribution in [0.15, 0.2) is 72.8 Å². The predicted molar refractivity (Wildman–Crippen MR) is 92.8 cm³/mol. The lowest BCUT2D eigenvalue weighted by Gasteiger charge is -2.11. The van der Waals surface area contributed by atoms with E-state index in [1.165, 1.54) is 33.7 Å². The Labute approximate surface area is 131 Å². The molecule has 1 aliphatic rings. The van der Waals surface area contributed by atoms with Gasteiger partial charge in [-0.3, -0.25) is 0 Å². The van der Waals surface area contributed by atoms with Gasteiger partial charge in [0.2, 0.25) is 0 Å². The van der Waals surface area contributed by atoms with Gasteiger partial charge in [0.25, 0.3) is 0 Å². The summed E-state index contributed by atoms with van der Waals surface area (Å²) in [5.41, 5.74) is 7.93. The average Bonchev–Trinajstić information content (AvgIpc) is 3.08. The Balaban J connectivity index is 1.95. The lowest BCUT2D eigenvalue weighted by Crippen LogP contribution is -2.01. The van der Waals surface area contributed by atoms with Crippen LogP contribution in [0.25, 0.3) is 16.7 Å². The molecule has 0 radical (unpaired) electrons. The van der Waals surface area contributed by atoms with Crippen LogP contribution in [0.4, 0.5) is 0 Å². The van der Waals surface area contributed by atoms with Crippen LogP contribution >= 0.6 is 0 Å². The molecule has 1 aromatic heterocycles. The minimum atomic E-state index is 0.405. The number of aromatic nitrogens is 1. The second-order valence-electron chi connectivity index (χ2n) is 5.97. The molecule has 2 heterocycles. The van der Waals surface area contributed by atoms with Crippen molar-refractivity contribution in [3.05, 3.63) is 89.8 Å². The van der Waals surface area contributed by atoms with Crippen LogP contribution in [0.3, 0.4) is 0 Å². The van der Waals surface area contributed by atoms with Gasteiger partial charge in [0.1, 0.15) is 0 Å². The number of allylic oxidation sites excluding steroid dienone is 1. The van der Waals surface area contributed by atoms with Crippen LogP contribution in [0.2, 0.25) is 0 Å². The number of fused-ring (bicyclic) bond motifs is 1.